The monoisotopic (exact) mass is 151 g/mol. The highest BCUT2D eigenvalue weighted by molar-refractivity contribution is 5.24. The van der Waals surface area contributed by atoms with Gasteiger partial charge in [0.1, 0.15) is 6.10 Å². The Morgan fingerprint density at radius 1 is 1.73 bits per heavy atom. The third kappa shape index (κ3) is 1.33. The van der Waals surface area contributed by atoms with Crippen LogP contribution < -0.4 is 4.74 Å². The standard InChI is InChI=1S/C8H9NO2/c1-10-8-4-6(2-3-9-8)7-5-11-7/h2-4,7H,5H2,1H3/t7-/m0/s1. The van der Waals surface area contributed by atoms with E-state index >= 15 is 0 Å². The molecule has 1 fully saturated rings. The van der Waals surface area contributed by atoms with Gasteiger partial charge >= 0.3 is 0 Å². The molecule has 11 heavy (non-hydrogen) atoms. The molecule has 2 rings (SSSR count). The molecule has 58 valence electrons. The molecule has 0 aromatic carbocycles. The molecule has 0 unspecified atom stereocenters. The highest BCUT2D eigenvalue weighted by Crippen LogP contribution is 2.30. The smallest absolute Gasteiger partial charge is 0.213 e. The van der Waals surface area contributed by atoms with Crippen molar-refractivity contribution in [2.75, 3.05) is 13.7 Å². The van der Waals surface area contributed by atoms with E-state index in [1.807, 2.05) is 12.1 Å². The Kier molecular flexibility index (Phi) is 1.51. The SMILES string of the molecule is COc1cc([C@@H]2CO2)ccn1. The normalized spacial score (nSPS) is 21.4. The largest absolute Gasteiger partial charge is 0.481 e. The molecule has 0 amide bonds. The molecule has 0 radical (unpaired) electrons. The molecule has 1 aliphatic rings. The van der Waals surface area contributed by atoms with Crippen LogP contribution in [0, 0.1) is 0 Å². The van der Waals surface area contributed by atoms with Gasteiger partial charge < -0.3 is 9.47 Å². The van der Waals surface area contributed by atoms with Crippen molar-refractivity contribution in [2.24, 2.45) is 0 Å². The highest BCUT2D eigenvalue weighted by Gasteiger charge is 2.24. The molecule has 0 bridgehead atoms. The van der Waals surface area contributed by atoms with E-state index in [-0.39, 0.29) is 6.10 Å². The summed E-state index contributed by atoms with van der Waals surface area (Å²) in [6.45, 7) is 0.827. The minimum absolute atomic E-state index is 0.284. The van der Waals surface area contributed by atoms with Gasteiger partial charge in [-0.05, 0) is 11.6 Å². The molecule has 2 heterocycles. The lowest BCUT2D eigenvalue weighted by atomic mass is 10.2. The van der Waals surface area contributed by atoms with Crippen LogP contribution in [0.4, 0.5) is 0 Å². The number of nitrogens with zero attached hydrogens (tertiary/aromatic N) is 1. The molecule has 1 aliphatic heterocycles. The quantitative estimate of drug-likeness (QED) is 0.595. The Balaban J connectivity index is 2.26. The van der Waals surface area contributed by atoms with Gasteiger partial charge in [-0.2, -0.15) is 0 Å². The van der Waals surface area contributed by atoms with Gasteiger partial charge in [0.2, 0.25) is 5.88 Å². The van der Waals surface area contributed by atoms with Gasteiger partial charge in [0, 0.05) is 12.3 Å². The van der Waals surface area contributed by atoms with Crippen molar-refractivity contribution >= 4 is 0 Å². The van der Waals surface area contributed by atoms with E-state index in [0.717, 1.165) is 12.2 Å². The molecule has 0 N–H and O–H groups in total. The van der Waals surface area contributed by atoms with E-state index in [1.165, 1.54) is 0 Å². The summed E-state index contributed by atoms with van der Waals surface area (Å²) in [6, 6.07) is 3.85. The fourth-order valence-corrected chi connectivity index (χ4v) is 0.977. The van der Waals surface area contributed by atoms with Gasteiger partial charge in [0.25, 0.3) is 0 Å². The fourth-order valence-electron chi connectivity index (χ4n) is 0.977. The van der Waals surface area contributed by atoms with Crippen molar-refractivity contribution in [1.29, 1.82) is 0 Å². The van der Waals surface area contributed by atoms with Crippen LogP contribution in [0.25, 0.3) is 0 Å². The number of hydrogen-bond donors (Lipinski definition) is 0. The van der Waals surface area contributed by atoms with Crippen molar-refractivity contribution in [1.82, 2.24) is 4.98 Å². The van der Waals surface area contributed by atoms with E-state index in [9.17, 15) is 0 Å². The number of epoxide rings is 1. The van der Waals surface area contributed by atoms with Crippen molar-refractivity contribution in [3.8, 4) is 5.88 Å². The summed E-state index contributed by atoms with van der Waals surface area (Å²) < 4.78 is 10.1. The zero-order valence-electron chi connectivity index (χ0n) is 6.28. The number of methoxy groups -OCH3 is 1. The Hall–Kier alpha value is -1.09. The van der Waals surface area contributed by atoms with Crippen LogP contribution in [0.5, 0.6) is 5.88 Å². The molecule has 0 spiro atoms. The van der Waals surface area contributed by atoms with Gasteiger partial charge in [-0.1, -0.05) is 0 Å². The fraction of sp³-hybridized carbons (Fsp3) is 0.375. The number of aromatic nitrogens is 1. The van der Waals surface area contributed by atoms with Crippen LogP contribution in [0.1, 0.15) is 11.7 Å². The topological polar surface area (TPSA) is 34.6 Å². The van der Waals surface area contributed by atoms with E-state index in [4.69, 9.17) is 9.47 Å². The predicted octanol–water partition coefficient (Wildman–Crippen LogP) is 1.16. The van der Waals surface area contributed by atoms with E-state index in [2.05, 4.69) is 4.98 Å². The lowest BCUT2D eigenvalue weighted by molar-refractivity contribution is 0.392. The maximum atomic E-state index is 5.11. The Bertz CT molecular complexity index is 258. The molecule has 0 saturated carbocycles. The lowest BCUT2D eigenvalue weighted by Gasteiger charge is -1.98. The molecule has 1 atom stereocenters. The third-order valence-electron chi connectivity index (χ3n) is 1.67. The second kappa shape index (κ2) is 2.51. The molecular formula is C8H9NO2. The summed E-state index contributed by atoms with van der Waals surface area (Å²) >= 11 is 0. The Morgan fingerprint density at radius 2 is 2.55 bits per heavy atom. The second-order valence-corrected chi connectivity index (χ2v) is 2.45. The second-order valence-electron chi connectivity index (χ2n) is 2.45. The van der Waals surface area contributed by atoms with Crippen LogP contribution in [0.2, 0.25) is 0 Å². The summed E-state index contributed by atoms with van der Waals surface area (Å²) in [6.07, 6.45) is 2.02. The van der Waals surface area contributed by atoms with Gasteiger partial charge in [-0.15, -0.1) is 0 Å². The number of rotatable bonds is 2. The summed E-state index contributed by atoms with van der Waals surface area (Å²) in [4.78, 5) is 3.99. The van der Waals surface area contributed by atoms with Crippen LogP contribution >= 0.6 is 0 Å². The Morgan fingerprint density at radius 3 is 3.18 bits per heavy atom. The number of ether oxygens (including phenoxy) is 2. The van der Waals surface area contributed by atoms with Crippen molar-refractivity contribution in [2.45, 2.75) is 6.10 Å². The first-order chi connectivity index (χ1) is 5.40. The van der Waals surface area contributed by atoms with Gasteiger partial charge in [0.15, 0.2) is 0 Å². The van der Waals surface area contributed by atoms with Crippen molar-refractivity contribution < 1.29 is 9.47 Å². The summed E-state index contributed by atoms with van der Waals surface area (Å²) in [7, 11) is 1.61. The van der Waals surface area contributed by atoms with Crippen LogP contribution in [-0.4, -0.2) is 18.7 Å². The maximum Gasteiger partial charge on any atom is 0.213 e. The van der Waals surface area contributed by atoms with Gasteiger partial charge in [-0.3, -0.25) is 0 Å². The first kappa shape index (κ1) is 6.61. The highest BCUT2D eigenvalue weighted by atomic mass is 16.6. The molecule has 3 heteroatoms. The van der Waals surface area contributed by atoms with Crippen LogP contribution in [0.3, 0.4) is 0 Å². The lowest BCUT2D eigenvalue weighted by Crippen LogP contribution is -1.88. The molecule has 3 nitrogen and oxygen atoms in total. The first-order valence-corrected chi connectivity index (χ1v) is 3.51. The van der Waals surface area contributed by atoms with E-state index in [1.54, 1.807) is 13.3 Å². The number of pyridine rings is 1. The molecule has 0 aliphatic carbocycles. The van der Waals surface area contributed by atoms with Crippen LogP contribution in [-0.2, 0) is 4.74 Å². The van der Waals surface area contributed by atoms with Crippen molar-refractivity contribution in [3.63, 3.8) is 0 Å². The molecular weight excluding hydrogens is 142 g/mol. The van der Waals surface area contributed by atoms with Crippen LogP contribution in [0.15, 0.2) is 18.3 Å². The average molecular weight is 151 g/mol. The average Bonchev–Trinajstić information content (AvgIpc) is 2.87. The molecule has 1 saturated heterocycles. The van der Waals surface area contributed by atoms with Gasteiger partial charge in [0.05, 0.1) is 13.7 Å². The zero-order chi connectivity index (χ0) is 7.68. The summed E-state index contributed by atoms with van der Waals surface area (Å²) in [5.41, 5.74) is 1.15. The van der Waals surface area contributed by atoms with Gasteiger partial charge in [-0.25, -0.2) is 4.98 Å². The van der Waals surface area contributed by atoms with E-state index in [0.29, 0.717) is 5.88 Å². The Labute approximate surface area is 65.0 Å². The molecule has 1 aromatic rings. The summed E-state index contributed by atoms with van der Waals surface area (Å²) in [5, 5.41) is 0. The first-order valence-electron chi connectivity index (χ1n) is 3.51. The summed E-state index contributed by atoms with van der Waals surface area (Å²) in [5.74, 6) is 0.651. The minimum atomic E-state index is 0.284. The third-order valence-corrected chi connectivity index (χ3v) is 1.67. The molecule has 1 aromatic heterocycles. The zero-order valence-corrected chi connectivity index (χ0v) is 6.28. The maximum absolute atomic E-state index is 5.11. The van der Waals surface area contributed by atoms with Crippen molar-refractivity contribution in [3.05, 3.63) is 23.9 Å². The predicted molar refractivity (Wildman–Crippen MR) is 39.5 cm³/mol. The number of hydrogen-bond acceptors (Lipinski definition) is 3. The van der Waals surface area contributed by atoms with E-state index < -0.39 is 0 Å². The minimum Gasteiger partial charge on any atom is -0.481 e.